The number of pyridine rings is 1. The molecule has 0 aliphatic rings. The maximum absolute atomic E-state index is 12.5. The minimum atomic E-state index is -3.60. The van der Waals surface area contributed by atoms with Gasteiger partial charge in [0, 0.05) is 18.1 Å². The molecule has 0 fully saturated rings. The largest absolute Gasteiger partial charge is 0.399 e. The lowest BCUT2D eigenvalue weighted by Crippen LogP contribution is -2.06. The quantitative estimate of drug-likeness (QED) is 0.752. The van der Waals surface area contributed by atoms with Gasteiger partial charge in [-0.05, 0) is 30.3 Å². The SMILES string of the molecule is Nc1ccc(Cl)c(S(=O)(=O)Cc2cn3ccccc3n2)c1. The molecule has 0 saturated heterocycles. The van der Waals surface area contributed by atoms with Gasteiger partial charge in [-0.1, -0.05) is 17.7 Å². The number of hydrogen-bond donors (Lipinski definition) is 1. The molecule has 2 heterocycles. The number of benzene rings is 1. The molecule has 108 valence electrons. The zero-order valence-corrected chi connectivity index (χ0v) is 12.5. The summed E-state index contributed by atoms with van der Waals surface area (Å²) in [6.45, 7) is 0. The van der Waals surface area contributed by atoms with Gasteiger partial charge in [0.15, 0.2) is 9.84 Å². The first kappa shape index (κ1) is 13.9. The highest BCUT2D eigenvalue weighted by Crippen LogP contribution is 2.26. The molecule has 0 spiro atoms. The Kier molecular flexibility index (Phi) is 3.35. The summed E-state index contributed by atoms with van der Waals surface area (Å²) in [5, 5.41) is 0.160. The van der Waals surface area contributed by atoms with E-state index in [0.717, 1.165) is 0 Å². The highest BCUT2D eigenvalue weighted by atomic mass is 35.5. The number of nitrogens with two attached hydrogens (primary N) is 1. The number of halogens is 1. The van der Waals surface area contributed by atoms with Gasteiger partial charge in [0.25, 0.3) is 0 Å². The Bertz CT molecular complexity index is 886. The molecule has 3 rings (SSSR count). The second-order valence-electron chi connectivity index (χ2n) is 4.65. The van der Waals surface area contributed by atoms with E-state index < -0.39 is 9.84 Å². The number of hydrogen-bond acceptors (Lipinski definition) is 4. The number of imidazole rings is 1. The molecule has 0 saturated carbocycles. The average Bonchev–Trinajstić information content (AvgIpc) is 2.82. The van der Waals surface area contributed by atoms with E-state index in [-0.39, 0.29) is 15.7 Å². The summed E-state index contributed by atoms with van der Waals surface area (Å²) in [5.41, 5.74) is 7.14. The van der Waals surface area contributed by atoms with Crippen LogP contribution in [0.5, 0.6) is 0 Å². The Morgan fingerprint density at radius 1 is 1.24 bits per heavy atom. The van der Waals surface area contributed by atoms with Gasteiger partial charge in [-0.3, -0.25) is 0 Å². The number of rotatable bonds is 3. The van der Waals surface area contributed by atoms with Crippen molar-refractivity contribution in [2.75, 3.05) is 5.73 Å². The monoisotopic (exact) mass is 321 g/mol. The molecule has 2 aromatic heterocycles. The number of aromatic nitrogens is 2. The fourth-order valence-electron chi connectivity index (χ4n) is 2.09. The van der Waals surface area contributed by atoms with Gasteiger partial charge in [-0.15, -0.1) is 0 Å². The molecule has 1 aromatic carbocycles. The highest BCUT2D eigenvalue weighted by molar-refractivity contribution is 7.90. The van der Waals surface area contributed by atoms with Crippen molar-refractivity contribution in [1.82, 2.24) is 9.38 Å². The number of sulfone groups is 1. The second-order valence-corrected chi connectivity index (χ2v) is 7.01. The van der Waals surface area contributed by atoms with Crippen molar-refractivity contribution in [3.05, 3.63) is 59.5 Å². The summed E-state index contributed by atoms with van der Waals surface area (Å²) in [6, 6.07) is 9.91. The maximum atomic E-state index is 12.5. The molecule has 7 heteroatoms. The Morgan fingerprint density at radius 2 is 2.05 bits per heavy atom. The fourth-order valence-corrected chi connectivity index (χ4v) is 3.92. The summed E-state index contributed by atoms with van der Waals surface area (Å²) < 4.78 is 26.7. The van der Waals surface area contributed by atoms with E-state index in [1.54, 1.807) is 16.7 Å². The maximum Gasteiger partial charge on any atom is 0.185 e. The molecular weight excluding hydrogens is 310 g/mol. The topological polar surface area (TPSA) is 77.5 Å². The molecule has 0 atom stereocenters. The minimum absolute atomic E-state index is 0.0289. The second kappa shape index (κ2) is 5.05. The molecule has 0 amide bonds. The first-order chi connectivity index (χ1) is 9.95. The zero-order chi connectivity index (χ0) is 15.0. The van der Waals surface area contributed by atoms with Crippen molar-refractivity contribution in [3.8, 4) is 0 Å². The van der Waals surface area contributed by atoms with E-state index in [1.807, 2.05) is 24.4 Å². The Labute approximate surface area is 126 Å². The standard InChI is InChI=1S/C14H12ClN3O2S/c15-12-5-4-10(16)7-13(12)21(19,20)9-11-8-18-6-2-1-3-14(18)17-11/h1-8H,9,16H2. The van der Waals surface area contributed by atoms with Gasteiger partial charge in [-0.25, -0.2) is 13.4 Å². The predicted octanol–water partition coefficient (Wildman–Crippen LogP) is 2.54. The summed E-state index contributed by atoms with van der Waals surface area (Å²) in [6.07, 6.45) is 3.50. The zero-order valence-electron chi connectivity index (χ0n) is 10.9. The van der Waals surface area contributed by atoms with Crippen LogP contribution in [0.2, 0.25) is 5.02 Å². The number of anilines is 1. The van der Waals surface area contributed by atoms with Gasteiger partial charge >= 0.3 is 0 Å². The summed E-state index contributed by atoms with van der Waals surface area (Å²) >= 11 is 5.97. The van der Waals surface area contributed by atoms with Crippen molar-refractivity contribution in [2.24, 2.45) is 0 Å². The smallest absolute Gasteiger partial charge is 0.185 e. The lowest BCUT2D eigenvalue weighted by molar-refractivity contribution is 0.595. The van der Waals surface area contributed by atoms with Crippen LogP contribution in [0.15, 0.2) is 53.7 Å². The van der Waals surface area contributed by atoms with Crippen LogP contribution in [-0.4, -0.2) is 17.8 Å². The minimum Gasteiger partial charge on any atom is -0.399 e. The fraction of sp³-hybridized carbons (Fsp3) is 0.0714. The molecule has 0 aliphatic carbocycles. The molecule has 21 heavy (non-hydrogen) atoms. The lowest BCUT2D eigenvalue weighted by Gasteiger charge is -2.06. The third kappa shape index (κ3) is 2.72. The highest BCUT2D eigenvalue weighted by Gasteiger charge is 2.20. The van der Waals surface area contributed by atoms with Crippen molar-refractivity contribution in [2.45, 2.75) is 10.6 Å². The van der Waals surface area contributed by atoms with Crippen LogP contribution >= 0.6 is 11.6 Å². The van der Waals surface area contributed by atoms with Crippen LogP contribution < -0.4 is 5.73 Å². The van der Waals surface area contributed by atoms with Crippen molar-refractivity contribution >= 4 is 32.8 Å². The van der Waals surface area contributed by atoms with E-state index in [0.29, 0.717) is 17.0 Å². The molecular formula is C14H12ClN3O2S. The van der Waals surface area contributed by atoms with Crippen LogP contribution in [0.1, 0.15) is 5.69 Å². The Balaban J connectivity index is 2.01. The third-order valence-corrected chi connectivity index (χ3v) is 5.17. The molecule has 3 aromatic rings. The first-order valence-corrected chi connectivity index (χ1v) is 8.19. The number of fused-ring (bicyclic) bond motifs is 1. The van der Waals surface area contributed by atoms with E-state index in [2.05, 4.69) is 4.98 Å². The number of nitrogens with zero attached hydrogens (tertiary/aromatic N) is 2. The van der Waals surface area contributed by atoms with Gasteiger partial charge in [-0.2, -0.15) is 0 Å². The number of nitrogen functional groups attached to an aromatic ring is 1. The summed E-state index contributed by atoms with van der Waals surface area (Å²) in [7, 11) is -3.60. The molecule has 0 radical (unpaired) electrons. The average molecular weight is 322 g/mol. The van der Waals surface area contributed by atoms with Gasteiger partial charge in [0.05, 0.1) is 21.4 Å². The van der Waals surface area contributed by atoms with Gasteiger partial charge in [0.1, 0.15) is 5.65 Å². The predicted molar refractivity (Wildman–Crippen MR) is 81.9 cm³/mol. The van der Waals surface area contributed by atoms with Crippen LogP contribution in [0.4, 0.5) is 5.69 Å². The van der Waals surface area contributed by atoms with Crippen LogP contribution in [0.25, 0.3) is 5.65 Å². The molecule has 5 nitrogen and oxygen atoms in total. The van der Waals surface area contributed by atoms with E-state index in [9.17, 15) is 8.42 Å². The Hall–Kier alpha value is -2.05. The Morgan fingerprint density at radius 3 is 2.81 bits per heavy atom. The molecule has 2 N–H and O–H groups in total. The summed E-state index contributed by atoms with van der Waals surface area (Å²) in [5.74, 6) is -0.224. The van der Waals surface area contributed by atoms with Crippen LogP contribution in [0.3, 0.4) is 0 Å². The third-order valence-electron chi connectivity index (χ3n) is 3.04. The van der Waals surface area contributed by atoms with E-state index in [1.165, 1.54) is 12.1 Å². The van der Waals surface area contributed by atoms with Crippen molar-refractivity contribution < 1.29 is 8.42 Å². The lowest BCUT2D eigenvalue weighted by atomic mass is 10.3. The van der Waals surface area contributed by atoms with Gasteiger partial charge in [0.2, 0.25) is 0 Å². The van der Waals surface area contributed by atoms with Crippen LogP contribution in [-0.2, 0) is 15.6 Å². The van der Waals surface area contributed by atoms with E-state index >= 15 is 0 Å². The van der Waals surface area contributed by atoms with Crippen LogP contribution in [0, 0.1) is 0 Å². The van der Waals surface area contributed by atoms with E-state index in [4.69, 9.17) is 17.3 Å². The van der Waals surface area contributed by atoms with Crippen molar-refractivity contribution in [1.29, 1.82) is 0 Å². The van der Waals surface area contributed by atoms with Gasteiger partial charge < -0.3 is 10.1 Å². The molecule has 0 unspecified atom stereocenters. The van der Waals surface area contributed by atoms with Crippen molar-refractivity contribution in [3.63, 3.8) is 0 Å². The first-order valence-electron chi connectivity index (χ1n) is 6.16. The molecule has 0 bridgehead atoms. The molecule has 0 aliphatic heterocycles. The normalized spacial score (nSPS) is 11.9. The summed E-state index contributed by atoms with van der Waals surface area (Å²) in [4.78, 5) is 4.31.